The Kier molecular flexibility index (Phi) is 5.46. The molecular formula is C26H35N5. The summed E-state index contributed by atoms with van der Waals surface area (Å²) in [5.74, 6) is 2.07. The molecule has 3 heterocycles. The van der Waals surface area contributed by atoms with Crippen LogP contribution in [0.3, 0.4) is 0 Å². The summed E-state index contributed by atoms with van der Waals surface area (Å²) in [6.45, 7) is 24.3. The number of benzene rings is 1. The van der Waals surface area contributed by atoms with Crippen LogP contribution in [0.2, 0.25) is 0 Å². The molecular weight excluding hydrogens is 382 g/mol. The topological polar surface area (TPSA) is 34.6 Å². The second-order valence-electron chi connectivity index (χ2n) is 9.52. The third-order valence-corrected chi connectivity index (χ3v) is 6.53. The van der Waals surface area contributed by atoms with Gasteiger partial charge < -0.3 is 20.0 Å². The molecule has 0 unspecified atom stereocenters. The molecule has 0 aliphatic carbocycles. The zero-order chi connectivity index (χ0) is 22.3. The van der Waals surface area contributed by atoms with E-state index in [-0.39, 0.29) is 5.54 Å². The first-order valence-corrected chi connectivity index (χ1v) is 11.1. The minimum absolute atomic E-state index is 0.0144. The molecule has 1 aromatic heterocycles. The highest BCUT2D eigenvalue weighted by atomic mass is 15.4. The van der Waals surface area contributed by atoms with Gasteiger partial charge in [-0.15, -0.1) is 0 Å². The highest BCUT2D eigenvalue weighted by Crippen LogP contribution is 2.34. The average Bonchev–Trinajstić information content (AvgIpc) is 3.00. The molecule has 4 rings (SSSR count). The Morgan fingerprint density at radius 3 is 2.32 bits per heavy atom. The van der Waals surface area contributed by atoms with Crippen molar-refractivity contribution < 1.29 is 0 Å². The van der Waals surface area contributed by atoms with Gasteiger partial charge in [-0.25, -0.2) is 4.98 Å². The lowest BCUT2D eigenvalue weighted by molar-refractivity contribution is 0.366. The molecule has 1 N–H and O–H groups in total. The lowest BCUT2D eigenvalue weighted by atomic mass is 10.0. The van der Waals surface area contributed by atoms with Gasteiger partial charge in [0.15, 0.2) is 0 Å². The molecule has 2 fully saturated rings. The Balaban J connectivity index is 1.46. The van der Waals surface area contributed by atoms with E-state index in [4.69, 9.17) is 0 Å². The van der Waals surface area contributed by atoms with Gasteiger partial charge in [-0.3, -0.25) is 0 Å². The molecule has 0 radical (unpaired) electrons. The summed E-state index contributed by atoms with van der Waals surface area (Å²) in [4.78, 5) is 11.8. The molecule has 0 atom stereocenters. The van der Waals surface area contributed by atoms with Gasteiger partial charge in [-0.05, 0) is 63.4 Å². The number of anilines is 2. The van der Waals surface area contributed by atoms with E-state index in [1.54, 1.807) is 0 Å². The first kappa shape index (κ1) is 21.3. The van der Waals surface area contributed by atoms with Crippen molar-refractivity contribution in [2.24, 2.45) is 0 Å². The van der Waals surface area contributed by atoms with Crippen molar-refractivity contribution in [3.8, 4) is 0 Å². The fraction of sp³-hybridized carbons (Fsp3) is 0.423. The molecule has 2 aliphatic rings. The molecule has 31 heavy (non-hydrogen) atoms. The molecule has 2 saturated heterocycles. The monoisotopic (exact) mass is 417 g/mol. The number of pyridine rings is 1. The molecule has 2 aromatic rings. The predicted octanol–water partition coefficient (Wildman–Crippen LogP) is 4.46. The van der Waals surface area contributed by atoms with Gasteiger partial charge >= 0.3 is 0 Å². The standard InChI is InChI=1S/C26H35N5/c1-18-14-20(3)25(27-16-18)30-12-10-29(11-13-30)21(4)24-9-8-23(15-19(24)2)31-22(5)28-17-26(31,6)7/h8-9,14-16,28H,4-5,10-13,17H2,1-3,6-7H3. The lowest BCUT2D eigenvalue weighted by Gasteiger charge is -2.38. The number of aromatic nitrogens is 1. The Morgan fingerprint density at radius 1 is 1.03 bits per heavy atom. The van der Waals surface area contributed by atoms with Crippen LogP contribution in [0.4, 0.5) is 11.5 Å². The van der Waals surface area contributed by atoms with E-state index in [0.717, 1.165) is 50.1 Å². The van der Waals surface area contributed by atoms with Crippen LogP contribution in [0.5, 0.6) is 0 Å². The first-order chi connectivity index (χ1) is 14.7. The number of hydrogen-bond acceptors (Lipinski definition) is 5. The molecule has 0 saturated carbocycles. The van der Waals surface area contributed by atoms with Gasteiger partial charge in [-0.1, -0.05) is 25.3 Å². The van der Waals surface area contributed by atoms with E-state index >= 15 is 0 Å². The Bertz CT molecular complexity index is 1010. The summed E-state index contributed by atoms with van der Waals surface area (Å²) in [6.07, 6.45) is 1.96. The van der Waals surface area contributed by atoms with Gasteiger partial charge in [0, 0.05) is 55.9 Å². The number of piperazine rings is 1. The van der Waals surface area contributed by atoms with Crippen molar-refractivity contribution in [2.75, 3.05) is 42.5 Å². The van der Waals surface area contributed by atoms with Crippen molar-refractivity contribution in [2.45, 2.75) is 40.2 Å². The fourth-order valence-electron chi connectivity index (χ4n) is 4.86. The quantitative estimate of drug-likeness (QED) is 0.795. The zero-order valence-electron chi connectivity index (χ0n) is 19.6. The maximum atomic E-state index is 4.68. The highest BCUT2D eigenvalue weighted by molar-refractivity contribution is 5.69. The Morgan fingerprint density at radius 2 is 1.74 bits per heavy atom. The minimum Gasteiger partial charge on any atom is -0.370 e. The largest absolute Gasteiger partial charge is 0.370 e. The summed E-state index contributed by atoms with van der Waals surface area (Å²) in [7, 11) is 0. The van der Waals surface area contributed by atoms with Crippen LogP contribution < -0.4 is 15.1 Å². The van der Waals surface area contributed by atoms with Crippen molar-refractivity contribution in [1.29, 1.82) is 0 Å². The third-order valence-electron chi connectivity index (χ3n) is 6.53. The summed E-state index contributed by atoms with van der Waals surface area (Å²) in [5.41, 5.74) is 7.23. The molecule has 0 bridgehead atoms. The molecule has 164 valence electrons. The summed E-state index contributed by atoms with van der Waals surface area (Å²) < 4.78 is 0. The van der Waals surface area contributed by atoms with Crippen molar-refractivity contribution >= 4 is 17.2 Å². The van der Waals surface area contributed by atoms with Crippen LogP contribution in [0.15, 0.2) is 49.4 Å². The van der Waals surface area contributed by atoms with E-state index in [0.29, 0.717) is 0 Å². The minimum atomic E-state index is 0.0144. The number of nitrogens with one attached hydrogen (secondary N) is 1. The van der Waals surface area contributed by atoms with Gasteiger partial charge in [0.1, 0.15) is 5.82 Å². The summed E-state index contributed by atoms with van der Waals surface area (Å²) >= 11 is 0. The number of hydrogen-bond donors (Lipinski definition) is 1. The normalized spacial score (nSPS) is 18.4. The van der Waals surface area contributed by atoms with Gasteiger partial charge in [0.2, 0.25) is 0 Å². The number of nitrogens with zero attached hydrogens (tertiary/aromatic N) is 4. The summed E-state index contributed by atoms with van der Waals surface area (Å²) in [6, 6.07) is 8.89. The van der Waals surface area contributed by atoms with Crippen LogP contribution in [0, 0.1) is 20.8 Å². The Labute approximate surface area is 187 Å². The molecule has 0 amide bonds. The lowest BCUT2D eigenvalue weighted by Crippen LogP contribution is -2.46. The molecule has 2 aliphatic heterocycles. The third kappa shape index (κ3) is 4.01. The molecule has 0 spiro atoms. The zero-order valence-corrected chi connectivity index (χ0v) is 19.6. The Hall–Kier alpha value is -2.95. The highest BCUT2D eigenvalue weighted by Gasteiger charge is 2.35. The summed E-state index contributed by atoms with van der Waals surface area (Å²) in [5, 5.41) is 3.39. The molecule has 5 heteroatoms. The van der Waals surface area contributed by atoms with Crippen LogP contribution in [-0.2, 0) is 0 Å². The van der Waals surface area contributed by atoms with Gasteiger partial charge in [0.25, 0.3) is 0 Å². The second-order valence-corrected chi connectivity index (χ2v) is 9.52. The van der Waals surface area contributed by atoms with Crippen molar-refractivity contribution in [3.05, 3.63) is 71.7 Å². The second kappa shape index (κ2) is 7.95. The molecule has 1 aromatic carbocycles. The molecule has 5 nitrogen and oxygen atoms in total. The van der Waals surface area contributed by atoms with E-state index in [1.807, 2.05) is 6.20 Å². The van der Waals surface area contributed by atoms with E-state index in [2.05, 4.69) is 97.0 Å². The SMILES string of the molecule is C=C(c1ccc(N2C(=C)NCC2(C)C)cc1C)N1CCN(c2ncc(C)cc2C)CC1. The number of aryl methyl sites for hydroxylation is 3. The maximum absolute atomic E-state index is 4.68. The van der Waals surface area contributed by atoms with Gasteiger partial charge in [0.05, 0.1) is 11.4 Å². The smallest absolute Gasteiger partial charge is 0.131 e. The van der Waals surface area contributed by atoms with Crippen molar-refractivity contribution in [3.63, 3.8) is 0 Å². The van der Waals surface area contributed by atoms with E-state index < -0.39 is 0 Å². The van der Waals surface area contributed by atoms with Crippen LogP contribution in [0.1, 0.15) is 36.1 Å². The van der Waals surface area contributed by atoms with Gasteiger partial charge in [-0.2, -0.15) is 0 Å². The average molecular weight is 418 g/mol. The van der Waals surface area contributed by atoms with E-state index in [1.165, 1.54) is 27.9 Å². The maximum Gasteiger partial charge on any atom is 0.131 e. The fourth-order valence-corrected chi connectivity index (χ4v) is 4.86. The van der Waals surface area contributed by atoms with Crippen molar-refractivity contribution in [1.82, 2.24) is 15.2 Å². The van der Waals surface area contributed by atoms with E-state index in [9.17, 15) is 0 Å². The van der Waals surface area contributed by atoms with Crippen LogP contribution in [0.25, 0.3) is 5.70 Å². The number of rotatable bonds is 4. The van der Waals surface area contributed by atoms with Crippen LogP contribution >= 0.6 is 0 Å². The van der Waals surface area contributed by atoms with Crippen LogP contribution in [-0.4, -0.2) is 48.1 Å². The first-order valence-electron chi connectivity index (χ1n) is 11.1. The predicted molar refractivity (Wildman–Crippen MR) is 131 cm³/mol.